The molecular weight excluding hydrogens is 408 g/mol. The first-order valence-corrected chi connectivity index (χ1v) is 11.5. The van der Waals surface area contributed by atoms with Gasteiger partial charge in [-0.3, -0.25) is 14.5 Å². The van der Waals surface area contributed by atoms with E-state index in [0.29, 0.717) is 37.7 Å². The second kappa shape index (κ2) is 8.39. The molecule has 1 aliphatic carbocycles. The Kier molecular flexibility index (Phi) is 5.92. The lowest BCUT2D eigenvalue weighted by atomic mass is 9.64. The lowest BCUT2D eigenvalue weighted by Gasteiger charge is -2.43. The molecule has 174 valence electrons. The number of ether oxygens (including phenoxy) is 1. The van der Waals surface area contributed by atoms with Crippen LogP contribution in [0.3, 0.4) is 0 Å². The van der Waals surface area contributed by atoms with Crippen LogP contribution in [0.5, 0.6) is 0 Å². The molecule has 8 nitrogen and oxygen atoms in total. The molecule has 4 rings (SSSR count). The van der Waals surface area contributed by atoms with Gasteiger partial charge in [-0.2, -0.15) is 0 Å². The number of urea groups is 1. The van der Waals surface area contributed by atoms with Gasteiger partial charge in [0, 0.05) is 24.5 Å². The van der Waals surface area contributed by atoms with Gasteiger partial charge in [0.2, 0.25) is 5.91 Å². The molecule has 8 heteroatoms. The Hall–Kier alpha value is -2.61. The molecule has 1 spiro atoms. The van der Waals surface area contributed by atoms with Crippen LogP contribution >= 0.6 is 0 Å². The van der Waals surface area contributed by atoms with Gasteiger partial charge in [0.25, 0.3) is 5.91 Å². The van der Waals surface area contributed by atoms with Gasteiger partial charge < -0.3 is 20.3 Å². The summed E-state index contributed by atoms with van der Waals surface area (Å²) in [7, 11) is 0. The standard InChI is InChI=1S/C24H34N4O4/c1-16-12-23(3,4)15-24(13-16)21(30)28(22(31)26-24)14-20(29)25-19-6-5-18(11-17(19)2)27-7-9-32-10-8-27/h5-6,11,16H,7-10,12-15H2,1-4H3,(H,25,29)(H,26,31). The molecule has 3 aliphatic rings. The van der Waals surface area contributed by atoms with Gasteiger partial charge in [-0.15, -0.1) is 0 Å². The van der Waals surface area contributed by atoms with Gasteiger partial charge in [-0.1, -0.05) is 20.8 Å². The fraction of sp³-hybridized carbons (Fsp3) is 0.625. The predicted molar refractivity (Wildman–Crippen MR) is 123 cm³/mol. The summed E-state index contributed by atoms with van der Waals surface area (Å²) in [6.07, 6.45) is 2.22. The van der Waals surface area contributed by atoms with E-state index in [1.54, 1.807) is 0 Å². The maximum Gasteiger partial charge on any atom is 0.325 e. The van der Waals surface area contributed by atoms with E-state index in [0.717, 1.165) is 35.7 Å². The molecule has 2 heterocycles. The number of hydrogen-bond acceptors (Lipinski definition) is 5. The number of benzene rings is 1. The summed E-state index contributed by atoms with van der Waals surface area (Å²) >= 11 is 0. The average Bonchev–Trinajstić information content (AvgIpc) is 2.92. The van der Waals surface area contributed by atoms with Gasteiger partial charge in [0.1, 0.15) is 12.1 Å². The third kappa shape index (κ3) is 4.46. The van der Waals surface area contributed by atoms with Crippen molar-refractivity contribution in [2.75, 3.05) is 43.1 Å². The molecule has 2 N–H and O–H groups in total. The van der Waals surface area contributed by atoms with Gasteiger partial charge in [0.05, 0.1) is 13.2 Å². The Morgan fingerprint density at radius 2 is 1.94 bits per heavy atom. The van der Waals surface area contributed by atoms with Crippen LogP contribution in [-0.2, 0) is 14.3 Å². The van der Waals surface area contributed by atoms with E-state index >= 15 is 0 Å². The molecule has 2 aliphatic heterocycles. The van der Waals surface area contributed by atoms with E-state index in [2.05, 4.69) is 36.3 Å². The van der Waals surface area contributed by atoms with Crippen LogP contribution in [0.25, 0.3) is 0 Å². The van der Waals surface area contributed by atoms with Crippen molar-refractivity contribution in [1.29, 1.82) is 0 Å². The van der Waals surface area contributed by atoms with Crippen LogP contribution in [0, 0.1) is 18.3 Å². The third-order valence-corrected chi connectivity index (χ3v) is 6.79. The van der Waals surface area contributed by atoms with Crippen LogP contribution in [0.2, 0.25) is 0 Å². The SMILES string of the molecule is Cc1cc(N2CCOCC2)ccc1NC(=O)CN1C(=O)NC2(CC(C)CC(C)(C)C2)C1=O. The maximum atomic E-state index is 13.2. The summed E-state index contributed by atoms with van der Waals surface area (Å²) < 4.78 is 5.40. The highest BCUT2D eigenvalue weighted by Gasteiger charge is 2.56. The van der Waals surface area contributed by atoms with Crippen LogP contribution in [0.4, 0.5) is 16.2 Å². The third-order valence-electron chi connectivity index (χ3n) is 6.79. The molecule has 4 amide bonds. The molecule has 2 atom stereocenters. The predicted octanol–water partition coefficient (Wildman–Crippen LogP) is 2.91. The average molecular weight is 443 g/mol. The molecule has 2 saturated heterocycles. The van der Waals surface area contributed by atoms with Crippen molar-refractivity contribution >= 4 is 29.2 Å². The lowest BCUT2D eigenvalue weighted by molar-refractivity contribution is -0.136. The summed E-state index contributed by atoms with van der Waals surface area (Å²) in [5, 5.41) is 5.79. The number of carbonyl (C=O) groups is 3. The molecule has 2 unspecified atom stereocenters. The zero-order valence-electron chi connectivity index (χ0n) is 19.5. The minimum atomic E-state index is -0.895. The summed E-state index contributed by atoms with van der Waals surface area (Å²) in [4.78, 5) is 42.0. The number of amides is 4. The Morgan fingerprint density at radius 3 is 2.59 bits per heavy atom. The van der Waals surface area contributed by atoms with Crippen LogP contribution in [-0.4, -0.2) is 61.1 Å². The number of anilines is 2. The second-order valence-electron chi connectivity index (χ2n) is 10.4. The molecule has 1 aromatic rings. The number of nitrogens with one attached hydrogen (secondary N) is 2. The lowest BCUT2D eigenvalue weighted by Crippen LogP contribution is -2.54. The van der Waals surface area contributed by atoms with E-state index in [-0.39, 0.29) is 23.8 Å². The minimum absolute atomic E-state index is 0.0434. The normalized spacial score (nSPS) is 27.6. The van der Waals surface area contributed by atoms with Crippen molar-refractivity contribution in [3.63, 3.8) is 0 Å². The molecule has 0 aromatic heterocycles. The maximum absolute atomic E-state index is 13.2. The minimum Gasteiger partial charge on any atom is -0.378 e. The fourth-order valence-corrected chi connectivity index (χ4v) is 5.79. The highest BCUT2D eigenvalue weighted by Crippen LogP contribution is 2.46. The summed E-state index contributed by atoms with van der Waals surface area (Å²) in [5.74, 6) is -0.336. The summed E-state index contributed by atoms with van der Waals surface area (Å²) in [6.45, 7) is 11.1. The van der Waals surface area contributed by atoms with Crippen molar-refractivity contribution in [1.82, 2.24) is 10.2 Å². The molecule has 0 radical (unpaired) electrons. The summed E-state index contributed by atoms with van der Waals surface area (Å²) in [6, 6.07) is 5.41. The van der Waals surface area contributed by atoms with Crippen LogP contribution in [0.1, 0.15) is 45.6 Å². The Bertz CT molecular complexity index is 925. The van der Waals surface area contributed by atoms with E-state index < -0.39 is 11.6 Å². The van der Waals surface area contributed by atoms with Gasteiger partial charge in [0.15, 0.2) is 0 Å². The first kappa shape index (κ1) is 22.6. The molecular formula is C24H34N4O4. The molecule has 32 heavy (non-hydrogen) atoms. The fourth-order valence-electron chi connectivity index (χ4n) is 5.79. The molecule has 1 aromatic carbocycles. The second-order valence-corrected chi connectivity index (χ2v) is 10.4. The van der Waals surface area contributed by atoms with Crippen molar-refractivity contribution in [2.45, 2.75) is 52.5 Å². The number of morpholine rings is 1. The largest absolute Gasteiger partial charge is 0.378 e. The number of imide groups is 1. The van der Waals surface area contributed by atoms with Crippen molar-refractivity contribution < 1.29 is 19.1 Å². The Balaban J connectivity index is 1.42. The van der Waals surface area contributed by atoms with E-state index in [4.69, 9.17) is 4.74 Å². The Labute approximate surface area is 189 Å². The van der Waals surface area contributed by atoms with Gasteiger partial charge in [-0.05, 0) is 61.3 Å². The Morgan fingerprint density at radius 1 is 1.22 bits per heavy atom. The van der Waals surface area contributed by atoms with Crippen molar-refractivity contribution in [2.24, 2.45) is 11.3 Å². The smallest absolute Gasteiger partial charge is 0.325 e. The van der Waals surface area contributed by atoms with E-state index in [1.807, 2.05) is 25.1 Å². The number of aryl methyl sites for hydroxylation is 1. The molecule has 1 saturated carbocycles. The van der Waals surface area contributed by atoms with Crippen LogP contribution < -0.4 is 15.5 Å². The number of carbonyl (C=O) groups excluding carboxylic acids is 3. The monoisotopic (exact) mass is 442 g/mol. The first-order chi connectivity index (χ1) is 15.1. The molecule has 3 fully saturated rings. The van der Waals surface area contributed by atoms with Gasteiger partial charge >= 0.3 is 6.03 Å². The number of nitrogens with zero attached hydrogens (tertiary/aromatic N) is 2. The topological polar surface area (TPSA) is 91.0 Å². The zero-order valence-corrected chi connectivity index (χ0v) is 19.5. The number of hydrogen-bond donors (Lipinski definition) is 2. The van der Waals surface area contributed by atoms with Crippen LogP contribution in [0.15, 0.2) is 18.2 Å². The van der Waals surface area contributed by atoms with Gasteiger partial charge in [-0.25, -0.2) is 4.79 Å². The first-order valence-electron chi connectivity index (χ1n) is 11.5. The van der Waals surface area contributed by atoms with Crippen molar-refractivity contribution in [3.8, 4) is 0 Å². The summed E-state index contributed by atoms with van der Waals surface area (Å²) in [5.41, 5.74) is 1.76. The molecule has 0 bridgehead atoms. The zero-order chi connectivity index (χ0) is 23.1. The van der Waals surface area contributed by atoms with Crippen molar-refractivity contribution in [3.05, 3.63) is 23.8 Å². The number of rotatable bonds is 4. The highest BCUT2D eigenvalue weighted by atomic mass is 16.5. The highest BCUT2D eigenvalue weighted by molar-refractivity contribution is 6.10. The van der Waals surface area contributed by atoms with E-state index in [9.17, 15) is 14.4 Å². The quantitative estimate of drug-likeness (QED) is 0.700. The van der Waals surface area contributed by atoms with E-state index in [1.165, 1.54) is 0 Å².